The molecular weight excluding hydrogens is 737 g/mol. The molecule has 0 N–H and O–H groups in total. The summed E-state index contributed by atoms with van der Waals surface area (Å²) in [5.41, 5.74) is 7.01. The SMILES string of the molecule is CCC1(CC)OCC2C(C)=CC(C)CC21.CCC1(CC)OCC2C(C)C=C(C)CC21.CCC1(CC)OCC2CC(C)=CC(C)C21.CCC1(CC)OCC2CC(C)C=C(C)C21. The summed E-state index contributed by atoms with van der Waals surface area (Å²) < 4.78 is 24.7. The molecular formula is C56H96O4. The maximum absolute atomic E-state index is 6.17. The lowest BCUT2D eigenvalue weighted by Crippen LogP contribution is -2.40. The standard InChI is InChI=1S/4C14H24O/c2*1-5-14(6-2)13-8-10(3)7-11(4)12(13)9-15-14;2*1-5-14(6-2)13-11(4)7-10(3)8-12(13)9-15-14/h7,11-13H,5-6,8-9H2,1-4H3;7,10,12-13H,5-6,8-9H2,1-4H3;7,11-13H,5-6,8-9H2,1-4H3;7,10,12-13H,5-6,8-9H2,1-4H3. The molecule has 12 atom stereocenters. The first-order valence-electron chi connectivity index (χ1n) is 25.8. The minimum atomic E-state index is 0.158. The number of ether oxygens (including phenoxy) is 4. The van der Waals surface area contributed by atoms with Crippen LogP contribution in [0.4, 0.5) is 0 Å². The normalized spacial score (nSPS) is 38.7. The largest absolute Gasteiger partial charge is 0.374 e. The van der Waals surface area contributed by atoms with Crippen molar-refractivity contribution in [3.8, 4) is 0 Å². The third-order valence-corrected chi connectivity index (χ3v) is 18.5. The number of allylic oxidation sites excluding steroid dienone is 6. The predicted molar refractivity (Wildman–Crippen MR) is 255 cm³/mol. The molecule has 0 aromatic rings. The molecule has 4 aliphatic carbocycles. The van der Waals surface area contributed by atoms with E-state index in [1.165, 1.54) is 64.2 Å². The summed E-state index contributed by atoms with van der Waals surface area (Å²) in [5, 5.41) is 0. The van der Waals surface area contributed by atoms with Gasteiger partial charge in [0.15, 0.2) is 0 Å². The van der Waals surface area contributed by atoms with Crippen LogP contribution in [0.1, 0.15) is 188 Å². The lowest BCUT2D eigenvalue weighted by molar-refractivity contribution is -0.0363. The monoisotopic (exact) mass is 833 g/mol. The van der Waals surface area contributed by atoms with Crippen LogP contribution in [-0.2, 0) is 18.9 Å². The molecule has 0 bridgehead atoms. The average molecular weight is 833 g/mol. The summed E-state index contributed by atoms with van der Waals surface area (Å²) in [6.45, 7) is 40.7. The smallest absolute Gasteiger partial charge is 0.0745 e. The van der Waals surface area contributed by atoms with Gasteiger partial charge in [-0.15, -0.1) is 0 Å². The van der Waals surface area contributed by atoms with E-state index in [0.717, 1.165) is 86.6 Å². The van der Waals surface area contributed by atoms with Gasteiger partial charge in [-0.05, 0) is 164 Å². The third-order valence-electron chi connectivity index (χ3n) is 18.5. The van der Waals surface area contributed by atoms with Crippen LogP contribution >= 0.6 is 0 Å². The Bertz CT molecular complexity index is 1490. The summed E-state index contributed by atoms with van der Waals surface area (Å²) >= 11 is 0. The van der Waals surface area contributed by atoms with E-state index >= 15 is 0 Å². The summed E-state index contributed by atoms with van der Waals surface area (Å²) in [6, 6.07) is 0. The number of hydrogen-bond acceptors (Lipinski definition) is 4. The lowest BCUT2D eigenvalue weighted by Gasteiger charge is -2.39. The Morgan fingerprint density at radius 2 is 0.933 bits per heavy atom. The van der Waals surface area contributed by atoms with Crippen LogP contribution in [0.25, 0.3) is 0 Å². The van der Waals surface area contributed by atoms with E-state index in [9.17, 15) is 0 Å². The van der Waals surface area contributed by atoms with Crippen molar-refractivity contribution in [2.45, 2.75) is 210 Å². The van der Waals surface area contributed by atoms with Crippen molar-refractivity contribution in [1.29, 1.82) is 0 Å². The van der Waals surface area contributed by atoms with Crippen molar-refractivity contribution >= 4 is 0 Å². The van der Waals surface area contributed by atoms with Gasteiger partial charge in [0, 0.05) is 11.8 Å². The van der Waals surface area contributed by atoms with Crippen molar-refractivity contribution in [3.63, 3.8) is 0 Å². The maximum Gasteiger partial charge on any atom is 0.0745 e. The Hall–Kier alpha value is -1.20. The maximum atomic E-state index is 6.17. The van der Waals surface area contributed by atoms with Crippen molar-refractivity contribution in [1.82, 2.24) is 0 Å². The highest BCUT2D eigenvalue weighted by Crippen LogP contribution is 2.53. The van der Waals surface area contributed by atoms with E-state index in [0.29, 0.717) is 23.7 Å². The second kappa shape index (κ2) is 20.7. The topological polar surface area (TPSA) is 36.9 Å². The fourth-order valence-corrected chi connectivity index (χ4v) is 15.2. The average Bonchev–Trinajstić information content (AvgIpc) is 4.00. The van der Waals surface area contributed by atoms with Gasteiger partial charge in [0.25, 0.3) is 0 Å². The van der Waals surface area contributed by atoms with Gasteiger partial charge in [-0.1, -0.05) is 130 Å². The quantitative estimate of drug-likeness (QED) is 0.228. The first-order valence-corrected chi connectivity index (χ1v) is 25.8. The first-order chi connectivity index (χ1) is 28.5. The van der Waals surface area contributed by atoms with E-state index in [1.54, 1.807) is 22.3 Å². The zero-order valence-electron chi connectivity index (χ0n) is 42.2. The van der Waals surface area contributed by atoms with Gasteiger partial charge in [-0.3, -0.25) is 0 Å². The highest BCUT2D eigenvalue weighted by atomic mass is 16.5. The minimum absolute atomic E-state index is 0.158. The molecule has 4 heterocycles. The van der Waals surface area contributed by atoms with Crippen molar-refractivity contribution in [2.75, 3.05) is 26.4 Å². The van der Waals surface area contributed by atoms with Crippen molar-refractivity contribution in [2.24, 2.45) is 71.0 Å². The molecule has 4 nitrogen and oxygen atoms in total. The van der Waals surface area contributed by atoms with Crippen molar-refractivity contribution in [3.05, 3.63) is 46.6 Å². The fraction of sp³-hybridized carbons (Fsp3) is 0.857. The molecule has 4 saturated heterocycles. The summed E-state index contributed by atoms with van der Waals surface area (Å²) in [4.78, 5) is 0. The molecule has 8 aliphatic rings. The Labute approximate surface area is 371 Å². The van der Waals surface area contributed by atoms with Crippen molar-refractivity contribution < 1.29 is 18.9 Å². The first kappa shape index (κ1) is 49.8. The summed E-state index contributed by atoms with van der Waals surface area (Å²) in [5.74, 6) is 8.95. The van der Waals surface area contributed by atoms with E-state index in [4.69, 9.17) is 18.9 Å². The highest BCUT2D eigenvalue weighted by Gasteiger charge is 2.53. The number of rotatable bonds is 8. The van der Waals surface area contributed by atoms with E-state index < -0.39 is 0 Å². The van der Waals surface area contributed by atoms with Crippen LogP contribution in [0.2, 0.25) is 0 Å². The Morgan fingerprint density at radius 3 is 1.53 bits per heavy atom. The molecule has 4 heteroatoms. The van der Waals surface area contributed by atoms with E-state index in [-0.39, 0.29) is 22.4 Å². The van der Waals surface area contributed by atoms with Gasteiger partial charge >= 0.3 is 0 Å². The predicted octanol–water partition coefficient (Wildman–Crippen LogP) is 15.2. The van der Waals surface area contributed by atoms with Crippen LogP contribution in [0.5, 0.6) is 0 Å². The van der Waals surface area contributed by atoms with Crippen LogP contribution < -0.4 is 0 Å². The van der Waals surface area contributed by atoms with Crippen LogP contribution in [0.15, 0.2) is 46.6 Å². The minimum Gasteiger partial charge on any atom is -0.374 e. The van der Waals surface area contributed by atoms with Crippen LogP contribution in [0, 0.1) is 71.0 Å². The van der Waals surface area contributed by atoms with Gasteiger partial charge in [0.05, 0.1) is 48.8 Å². The second-order valence-electron chi connectivity index (χ2n) is 21.7. The van der Waals surface area contributed by atoms with Gasteiger partial charge in [0.2, 0.25) is 0 Å². The molecule has 0 spiro atoms. The zero-order chi connectivity index (χ0) is 44.2. The molecule has 0 saturated carbocycles. The molecule has 4 aliphatic heterocycles. The molecule has 0 amide bonds. The summed E-state index contributed by atoms with van der Waals surface area (Å²) in [6.07, 6.45) is 24.3. The van der Waals surface area contributed by atoms with Gasteiger partial charge in [-0.25, -0.2) is 0 Å². The highest BCUT2D eigenvalue weighted by molar-refractivity contribution is 5.20. The van der Waals surface area contributed by atoms with Gasteiger partial charge < -0.3 is 18.9 Å². The van der Waals surface area contributed by atoms with E-state index in [2.05, 4.69) is 135 Å². The molecule has 0 aromatic carbocycles. The molecule has 344 valence electrons. The molecule has 8 rings (SSSR count). The molecule has 4 fully saturated rings. The number of hydrogen-bond donors (Lipinski definition) is 0. The van der Waals surface area contributed by atoms with Crippen LogP contribution in [-0.4, -0.2) is 48.8 Å². The molecule has 12 unspecified atom stereocenters. The van der Waals surface area contributed by atoms with Gasteiger partial charge in [0.1, 0.15) is 0 Å². The number of fused-ring (bicyclic) bond motifs is 4. The summed E-state index contributed by atoms with van der Waals surface area (Å²) in [7, 11) is 0. The Balaban J connectivity index is 0.000000152. The molecule has 0 aromatic heterocycles. The fourth-order valence-electron chi connectivity index (χ4n) is 15.2. The van der Waals surface area contributed by atoms with Crippen LogP contribution in [0.3, 0.4) is 0 Å². The zero-order valence-corrected chi connectivity index (χ0v) is 42.2. The Morgan fingerprint density at radius 1 is 0.467 bits per heavy atom. The van der Waals surface area contributed by atoms with Gasteiger partial charge in [-0.2, -0.15) is 0 Å². The molecule has 0 radical (unpaired) electrons. The lowest BCUT2D eigenvalue weighted by atomic mass is 9.66. The second-order valence-corrected chi connectivity index (χ2v) is 21.7. The van der Waals surface area contributed by atoms with E-state index in [1.807, 2.05) is 0 Å². The Kier molecular flexibility index (Phi) is 17.2. The third kappa shape index (κ3) is 9.73. The molecule has 60 heavy (non-hydrogen) atoms.